The number of aryl methyl sites for hydroxylation is 2. The number of hydrogen-bond acceptors (Lipinski definition) is 3. The quantitative estimate of drug-likeness (QED) is 0.502. The van der Waals surface area contributed by atoms with Gasteiger partial charge in [0.15, 0.2) is 17.5 Å². The van der Waals surface area contributed by atoms with E-state index in [9.17, 15) is 18.0 Å². The standard InChI is InChI=1S/C25H26F3N5O/c1-13-5-3-8-21-29-12-20(32(13)21)25(34)33-15-6-4-7-19(33)23-16(11-15)24(31(2)30-23)14-9-17(26)22(28)18(27)10-14/h9-10,12-13,15,19H,3-8,11H2,1-2H3/t13?,15-,19+/m0/s1. The molecule has 6 nitrogen and oxygen atoms in total. The average molecular weight is 470 g/mol. The van der Waals surface area contributed by atoms with Gasteiger partial charge in [-0.25, -0.2) is 18.2 Å². The number of imidazole rings is 1. The Kier molecular flexibility index (Phi) is 4.86. The lowest BCUT2D eigenvalue weighted by Gasteiger charge is -2.45. The summed E-state index contributed by atoms with van der Waals surface area (Å²) in [6.45, 7) is 2.13. The first kappa shape index (κ1) is 21.4. The van der Waals surface area contributed by atoms with Crippen LogP contribution >= 0.6 is 0 Å². The number of nitrogens with zero attached hydrogens (tertiary/aromatic N) is 5. The largest absolute Gasteiger partial charge is 0.325 e. The SMILES string of the molecule is CC1CCCc2ncc(C(=O)N3[C@H]4CCC[C@@H]3c3nn(C)c(-c5cc(F)c(F)c(F)c5)c3C4)n21. The van der Waals surface area contributed by atoms with Gasteiger partial charge in [-0.15, -0.1) is 0 Å². The molecule has 0 N–H and O–H groups in total. The van der Waals surface area contributed by atoms with Crippen LogP contribution in [0, 0.1) is 17.5 Å². The van der Waals surface area contributed by atoms with E-state index in [4.69, 9.17) is 5.10 Å². The number of piperidine rings is 1. The molecule has 0 aliphatic carbocycles. The molecule has 1 amide bonds. The smallest absolute Gasteiger partial charge is 0.272 e. The van der Waals surface area contributed by atoms with Crippen LogP contribution < -0.4 is 0 Å². The third-order valence-electron chi connectivity index (χ3n) is 7.72. The normalized spacial score (nSPS) is 23.6. The second-order valence-corrected chi connectivity index (χ2v) is 9.78. The first-order chi connectivity index (χ1) is 16.3. The van der Waals surface area contributed by atoms with Gasteiger partial charge >= 0.3 is 0 Å². The molecule has 3 aliphatic rings. The minimum Gasteiger partial charge on any atom is -0.325 e. The number of hydrogen-bond donors (Lipinski definition) is 0. The van der Waals surface area contributed by atoms with Crippen molar-refractivity contribution in [3.05, 3.63) is 58.6 Å². The molecule has 0 spiro atoms. The molecule has 34 heavy (non-hydrogen) atoms. The van der Waals surface area contributed by atoms with Crippen molar-refractivity contribution < 1.29 is 18.0 Å². The maximum Gasteiger partial charge on any atom is 0.272 e. The molecule has 6 rings (SSSR count). The summed E-state index contributed by atoms with van der Waals surface area (Å²) in [4.78, 5) is 20.4. The van der Waals surface area contributed by atoms with E-state index in [1.165, 1.54) is 0 Å². The van der Waals surface area contributed by atoms with Crippen LogP contribution in [0.3, 0.4) is 0 Å². The van der Waals surface area contributed by atoms with E-state index in [2.05, 4.69) is 16.5 Å². The first-order valence-electron chi connectivity index (χ1n) is 11.9. The Labute approximate surface area is 195 Å². The van der Waals surface area contributed by atoms with Gasteiger partial charge in [-0.2, -0.15) is 5.10 Å². The molecule has 3 aromatic rings. The molecule has 5 heterocycles. The molecule has 0 radical (unpaired) electrons. The predicted molar refractivity (Wildman–Crippen MR) is 119 cm³/mol. The maximum absolute atomic E-state index is 14.0. The van der Waals surface area contributed by atoms with Crippen LogP contribution in [-0.2, 0) is 19.9 Å². The highest BCUT2D eigenvalue weighted by Gasteiger charge is 2.44. The Balaban J connectivity index is 1.42. The third kappa shape index (κ3) is 3.05. The minimum absolute atomic E-state index is 0.0288. The van der Waals surface area contributed by atoms with Gasteiger partial charge in [0.1, 0.15) is 11.5 Å². The molecular weight excluding hydrogens is 443 g/mol. The van der Waals surface area contributed by atoms with Crippen LogP contribution in [0.1, 0.15) is 78.7 Å². The molecule has 3 aliphatic heterocycles. The molecular formula is C25H26F3N5O. The van der Waals surface area contributed by atoms with Crippen LogP contribution in [0.5, 0.6) is 0 Å². The summed E-state index contributed by atoms with van der Waals surface area (Å²) >= 11 is 0. The van der Waals surface area contributed by atoms with Crippen LogP contribution in [0.15, 0.2) is 18.3 Å². The fourth-order valence-electron chi connectivity index (χ4n) is 6.25. The summed E-state index contributed by atoms with van der Waals surface area (Å²) < 4.78 is 45.3. The molecule has 1 fully saturated rings. The zero-order valence-corrected chi connectivity index (χ0v) is 19.2. The van der Waals surface area contributed by atoms with Crippen molar-refractivity contribution in [3.63, 3.8) is 0 Å². The van der Waals surface area contributed by atoms with E-state index < -0.39 is 17.5 Å². The number of carbonyl (C=O) groups excluding carboxylic acids is 1. The summed E-state index contributed by atoms with van der Waals surface area (Å²) in [5.41, 5.74) is 3.10. The highest BCUT2D eigenvalue weighted by molar-refractivity contribution is 5.93. The Hall–Kier alpha value is -3.10. The van der Waals surface area contributed by atoms with Gasteiger partial charge in [-0.05, 0) is 57.6 Å². The lowest BCUT2D eigenvalue weighted by atomic mass is 9.81. The average Bonchev–Trinajstić information content (AvgIpc) is 3.38. The number of fused-ring (bicyclic) bond motifs is 5. The highest BCUT2D eigenvalue weighted by atomic mass is 19.2. The van der Waals surface area contributed by atoms with Gasteiger partial charge in [0.2, 0.25) is 0 Å². The van der Waals surface area contributed by atoms with Crippen molar-refractivity contribution >= 4 is 5.91 Å². The molecule has 2 aromatic heterocycles. The van der Waals surface area contributed by atoms with E-state index in [0.717, 1.165) is 67.7 Å². The Bertz CT molecular complexity index is 1290. The summed E-state index contributed by atoms with van der Waals surface area (Å²) in [6.07, 6.45) is 7.82. The number of halogens is 3. The summed E-state index contributed by atoms with van der Waals surface area (Å²) in [5, 5.41) is 4.71. The summed E-state index contributed by atoms with van der Waals surface area (Å²) in [7, 11) is 1.72. The summed E-state index contributed by atoms with van der Waals surface area (Å²) in [5.74, 6) is -2.99. The lowest BCUT2D eigenvalue weighted by molar-refractivity contribution is 0.0378. The van der Waals surface area contributed by atoms with Crippen molar-refractivity contribution in [3.8, 4) is 11.3 Å². The van der Waals surface area contributed by atoms with Gasteiger partial charge in [0, 0.05) is 36.7 Å². The van der Waals surface area contributed by atoms with E-state index in [1.54, 1.807) is 17.9 Å². The number of amides is 1. The third-order valence-corrected chi connectivity index (χ3v) is 7.72. The lowest BCUT2D eigenvalue weighted by Crippen LogP contribution is -2.50. The van der Waals surface area contributed by atoms with Gasteiger partial charge in [0.05, 0.1) is 23.6 Å². The van der Waals surface area contributed by atoms with E-state index in [1.807, 2.05) is 4.90 Å². The second kappa shape index (κ2) is 7.71. The Morgan fingerprint density at radius 1 is 1.09 bits per heavy atom. The molecule has 1 unspecified atom stereocenters. The molecule has 1 saturated heterocycles. The molecule has 3 atom stereocenters. The molecule has 178 valence electrons. The van der Waals surface area contributed by atoms with Gasteiger partial charge in [-0.3, -0.25) is 9.48 Å². The number of carbonyl (C=O) groups is 1. The summed E-state index contributed by atoms with van der Waals surface area (Å²) in [6, 6.07) is 2.01. The predicted octanol–water partition coefficient (Wildman–Crippen LogP) is 4.89. The number of aromatic nitrogens is 4. The molecule has 2 bridgehead atoms. The fraction of sp³-hybridized carbons (Fsp3) is 0.480. The zero-order chi connectivity index (χ0) is 23.7. The number of rotatable bonds is 2. The topological polar surface area (TPSA) is 56.0 Å². The van der Waals surface area contributed by atoms with Crippen molar-refractivity contribution in [2.75, 3.05) is 0 Å². The van der Waals surface area contributed by atoms with Crippen LogP contribution in [-0.4, -0.2) is 36.2 Å². The van der Waals surface area contributed by atoms with E-state index in [-0.39, 0.29) is 29.6 Å². The Morgan fingerprint density at radius 2 is 1.85 bits per heavy atom. The van der Waals surface area contributed by atoms with Crippen molar-refractivity contribution in [2.24, 2.45) is 7.05 Å². The number of benzene rings is 1. The van der Waals surface area contributed by atoms with E-state index >= 15 is 0 Å². The molecule has 1 aromatic carbocycles. The Morgan fingerprint density at radius 3 is 2.62 bits per heavy atom. The van der Waals surface area contributed by atoms with Crippen LogP contribution in [0.2, 0.25) is 0 Å². The fourth-order valence-corrected chi connectivity index (χ4v) is 6.25. The van der Waals surface area contributed by atoms with Crippen molar-refractivity contribution in [1.29, 1.82) is 0 Å². The van der Waals surface area contributed by atoms with Crippen LogP contribution in [0.4, 0.5) is 13.2 Å². The minimum atomic E-state index is -1.48. The van der Waals surface area contributed by atoms with E-state index in [0.29, 0.717) is 17.8 Å². The zero-order valence-electron chi connectivity index (χ0n) is 19.2. The van der Waals surface area contributed by atoms with Crippen LogP contribution in [0.25, 0.3) is 11.3 Å². The second-order valence-electron chi connectivity index (χ2n) is 9.78. The van der Waals surface area contributed by atoms with Gasteiger partial charge < -0.3 is 9.47 Å². The highest BCUT2D eigenvalue weighted by Crippen LogP contribution is 2.45. The first-order valence-corrected chi connectivity index (χ1v) is 11.9. The van der Waals surface area contributed by atoms with Gasteiger partial charge in [-0.1, -0.05) is 0 Å². The van der Waals surface area contributed by atoms with Gasteiger partial charge in [0.25, 0.3) is 5.91 Å². The molecule has 9 heteroatoms. The van der Waals surface area contributed by atoms with Crippen molar-refractivity contribution in [2.45, 2.75) is 70.0 Å². The molecule has 0 saturated carbocycles. The monoisotopic (exact) mass is 469 g/mol. The maximum atomic E-state index is 14.0. The van der Waals surface area contributed by atoms with Crippen molar-refractivity contribution in [1.82, 2.24) is 24.2 Å².